The molecule has 12 heavy (non-hydrogen) atoms. The maximum absolute atomic E-state index is 9.84. The molecule has 0 saturated heterocycles. The molecule has 0 spiro atoms. The van der Waals surface area contributed by atoms with E-state index in [1.807, 2.05) is 13.8 Å². The zero-order chi connectivity index (χ0) is 9.94. The molecule has 0 amide bonds. The predicted octanol–water partition coefficient (Wildman–Crippen LogP) is 0.383. The Kier molecular flexibility index (Phi) is 4.17. The van der Waals surface area contributed by atoms with E-state index in [9.17, 15) is 10.2 Å². The van der Waals surface area contributed by atoms with Crippen LogP contribution < -0.4 is 0 Å². The first-order valence-electron chi connectivity index (χ1n) is 4.37. The zero-order valence-electron chi connectivity index (χ0n) is 8.28. The molecule has 2 unspecified atom stereocenters. The van der Waals surface area contributed by atoms with Crippen molar-refractivity contribution in [3.05, 3.63) is 0 Å². The first kappa shape index (κ1) is 11.9. The van der Waals surface area contributed by atoms with E-state index >= 15 is 0 Å². The summed E-state index contributed by atoms with van der Waals surface area (Å²) in [5.41, 5.74) is -1.37. The molecule has 0 fully saturated rings. The quantitative estimate of drug-likeness (QED) is 0.580. The highest BCUT2D eigenvalue weighted by Gasteiger charge is 2.39. The lowest BCUT2D eigenvalue weighted by Gasteiger charge is -2.36. The Hall–Kier alpha value is -0.120. The van der Waals surface area contributed by atoms with Crippen LogP contribution in [-0.4, -0.2) is 33.6 Å². The second kappa shape index (κ2) is 4.21. The van der Waals surface area contributed by atoms with Crippen molar-refractivity contribution in [3.8, 4) is 0 Å². The minimum atomic E-state index is -1.37. The van der Waals surface area contributed by atoms with Crippen molar-refractivity contribution in [3.63, 3.8) is 0 Å². The minimum absolute atomic E-state index is 0.0513. The van der Waals surface area contributed by atoms with Gasteiger partial charge in [0.05, 0.1) is 12.7 Å². The van der Waals surface area contributed by atoms with E-state index in [1.54, 1.807) is 13.8 Å². The van der Waals surface area contributed by atoms with Crippen LogP contribution in [0, 0.1) is 11.8 Å². The van der Waals surface area contributed by atoms with Gasteiger partial charge in [0, 0.05) is 0 Å². The summed E-state index contributed by atoms with van der Waals surface area (Å²) in [6.45, 7) is 6.79. The van der Waals surface area contributed by atoms with Gasteiger partial charge >= 0.3 is 0 Å². The van der Waals surface area contributed by atoms with Crippen LogP contribution in [0.15, 0.2) is 0 Å². The van der Waals surface area contributed by atoms with Gasteiger partial charge in [0.2, 0.25) is 0 Å². The van der Waals surface area contributed by atoms with Gasteiger partial charge in [-0.15, -0.1) is 0 Å². The molecule has 0 aliphatic heterocycles. The molecule has 0 aromatic carbocycles. The van der Waals surface area contributed by atoms with Crippen LogP contribution in [0.25, 0.3) is 0 Å². The van der Waals surface area contributed by atoms with Gasteiger partial charge in [-0.25, -0.2) is 0 Å². The Morgan fingerprint density at radius 1 is 1.17 bits per heavy atom. The number of aliphatic hydroxyl groups excluding tert-OH is 2. The lowest BCUT2D eigenvalue weighted by atomic mass is 9.81. The Balaban J connectivity index is 4.51. The predicted molar refractivity (Wildman–Crippen MR) is 47.7 cm³/mol. The summed E-state index contributed by atoms with van der Waals surface area (Å²) in [6.07, 6.45) is -0.873. The standard InChI is InChI=1S/C9H20O3/c1-6(2)8(11)9(12,5-10)7(3)4/h6-8,10-12H,5H2,1-4H3. The topological polar surface area (TPSA) is 60.7 Å². The highest BCUT2D eigenvalue weighted by atomic mass is 16.4. The molecule has 0 aliphatic carbocycles. The molecule has 3 N–H and O–H groups in total. The van der Waals surface area contributed by atoms with Gasteiger partial charge in [-0.05, 0) is 11.8 Å². The van der Waals surface area contributed by atoms with Crippen molar-refractivity contribution < 1.29 is 15.3 Å². The van der Waals surface area contributed by atoms with Crippen molar-refractivity contribution >= 4 is 0 Å². The van der Waals surface area contributed by atoms with Gasteiger partial charge < -0.3 is 15.3 Å². The van der Waals surface area contributed by atoms with Gasteiger partial charge in [0.15, 0.2) is 0 Å². The fourth-order valence-corrected chi connectivity index (χ4v) is 1.19. The van der Waals surface area contributed by atoms with Crippen LogP contribution in [0.5, 0.6) is 0 Å². The van der Waals surface area contributed by atoms with Gasteiger partial charge in [-0.1, -0.05) is 27.7 Å². The minimum Gasteiger partial charge on any atom is -0.393 e. The number of rotatable bonds is 4. The van der Waals surface area contributed by atoms with E-state index in [2.05, 4.69) is 0 Å². The fourth-order valence-electron chi connectivity index (χ4n) is 1.19. The highest BCUT2D eigenvalue weighted by molar-refractivity contribution is 4.90. The molecule has 0 rings (SSSR count). The van der Waals surface area contributed by atoms with Crippen molar-refractivity contribution in [1.82, 2.24) is 0 Å². The molecule has 0 aromatic rings. The highest BCUT2D eigenvalue weighted by Crippen LogP contribution is 2.25. The molecule has 0 radical (unpaired) electrons. The molecule has 0 aromatic heterocycles. The van der Waals surface area contributed by atoms with Crippen LogP contribution in [0.1, 0.15) is 27.7 Å². The third kappa shape index (κ3) is 2.19. The second-order valence-electron chi connectivity index (χ2n) is 3.99. The average Bonchev–Trinajstić information content (AvgIpc) is 2.01. The largest absolute Gasteiger partial charge is 0.393 e. The Morgan fingerprint density at radius 2 is 1.58 bits per heavy atom. The molecule has 0 saturated carbocycles. The average molecular weight is 176 g/mol. The summed E-state index contributed by atoms with van der Waals surface area (Å²) in [6, 6.07) is 0. The summed E-state index contributed by atoms with van der Waals surface area (Å²) in [7, 11) is 0. The van der Waals surface area contributed by atoms with Crippen molar-refractivity contribution in [2.24, 2.45) is 11.8 Å². The second-order valence-corrected chi connectivity index (χ2v) is 3.99. The molecule has 0 bridgehead atoms. The van der Waals surface area contributed by atoms with Crippen LogP contribution in [-0.2, 0) is 0 Å². The van der Waals surface area contributed by atoms with Crippen LogP contribution in [0.3, 0.4) is 0 Å². The maximum Gasteiger partial charge on any atom is 0.116 e. The van der Waals surface area contributed by atoms with Gasteiger partial charge in [0.1, 0.15) is 5.60 Å². The number of hydrogen-bond donors (Lipinski definition) is 3. The van der Waals surface area contributed by atoms with Crippen molar-refractivity contribution in [2.75, 3.05) is 6.61 Å². The smallest absolute Gasteiger partial charge is 0.116 e. The summed E-state index contributed by atoms with van der Waals surface area (Å²) >= 11 is 0. The molecule has 74 valence electrons. The van der Waals surface area contributed by atoms with Gasteiger partial charge in [-0.2, -0.15) is 0 Å². The maximum atomic E-state index is 9.84. The Labute approximate surface area is 74.0 Å². The van der Waals surface area contributed by atoms with E-state index in [0.29, 0.717) is 0 Å². The third-order valence-electron chi connectivity index (χ3n) is 2.40. The van der Waals surface area contributed by atoms with Crippen LogP contribution in [0.4, 0.5) is 0 Å². The van der Waals surface area contributed by atoms with Gasteiger partial charge in [-0.3, -0.25) is 0 Å². The Morgan fingerprint density at radius 3 is 1.67 bits per heavy atom. The summed E-state index contributed by atoms with van der Waals surface area (Å²) < 4.78 is 0. The normalized spacial score (nSPS) is 19.8. The lowest BCUT2D eigenvalue weighted by Crippen LogP contribution is -2.52. The molecule has 3 heteroatoms. The fraction of sp³-hybridized carbons (Fsp3) is 1.00. The van der Waals surface area contributed by atoms with Crippen LogP contribution in [0.2, 0.25) is 0 Å². The monoisotopic (exact) mass is 176 g/mol. The van der Waals surface area contributed by atoms with Gasteiger partial charge in [0.25, 0.3) is 0 Å². The molecular weight excluding hydrogens is 156 g/mol. The first-order chi connectivity index (χ1) is 5.36. The summed E-state index contributed by atoms with van der Waals surface area (Å²) in [4.78, 5) is 0. The van der Waals surface area contributed by atoms with Crippen molar-refractivity contribution in [1.29, 1.82) is 0 Å². The molecule has 0 aliphatic rings. The molecule has 3 nitrogen and oxygen atoms in total. The van der Waals surface area contributed by atoms with E-state index in [0.717, 1.165) is 0 Å². The first-order valence-corrected chi connectivity index (χ1v) is 4.37. The molecule has 2 atom stereocenters. The van der Waals surface area contributed by atoms with Crippen molar-refractivity contribution in [2.45, 2.75) is 39.4 Å². The van der Waals surface area contributed by atoms with E-state index in [1.165, 1.54) is 0 Å². The molecular formula is C9H20O3. The molecule has 0 heterocycles. The number of hydrogen-bond acceptors (Lipinski definition) is 3. The van der Waals surface area contributed by atoms with Crippen LogP contribution >= 0.6 is 0 Å². The summed E-state index contributed by atoms with van der Waals surface area (Å²) in [5.74, 6) is -0.204. The zero-order valence-corrected chi connectivity index (χ0v) is 8.28. The SMILES string of the molecule is CC(C)C(O)C(O)(CO)C(C)C. The van der Waals surface area contributed by atoms with E-state index in [-0.39, 0.29) is 11.8 Å². The lowest BCUT2D eigenvalue weighted by molar-refractivity contribution is -0.147. The van der Waals surface area contributed by atoms with E-state index < -0.39 is 18.3 Å². The number of aliphatic hydroxyl groups is 3. The summed E-state index contributed by atoms with van der Waals surface area (Å²) in [5, 5.41) is 28.4. The third-order valence-corrected chi connectivity index (χ3v) is 2.40. The van der Waals surface area contributed by atoms with E-state index in [4.69, 9.17) is 5.11 Å². The Bertz CT molecular complexity index is 134.